The zero-order valence-electron chi connectivity index (χ0n) is 49.0. The molecular weight excluding hydrogens is 1110 g/mol. The van der Waals surface area contributed by atoms with Gasteiger partial charge >= 0.3 is 23.9 Å². The van der Waals surface area contributed by atoms with Crippen molar-refractivity contribution in [2.75, 3.05) is 42.5 Å². The van der Waals surface area contributed by atoms with E-state index in [4.69, 9.17) is 48.9 Å². The molecule has 0 amide bonds. The van der Waals surface area contributed by atoms with Crippen molar-refractivity contribution in [3.8, 4) is 23.7 Å². The van der Waals surface area contributed by atoms with E-state index in [2.05, 4.69) is 44.3 Å². The molecule has 0 fully saturated rings. The molecule has 0 unspecified atom stereocenters. The van der Waals surface area contributed by atoms with Crippen LogP contribution in [0.1, 0.15) is 74.1 Å². The Labute approximate surface area is 507 Å². The van der Waals surface area contributed by atoms with Gasteiger partial charge < -0.3 is 49.3 Å². The molecular formula is C68H58N12O8. The van der Waals surface area contributed by atoms with Gasteiger partial charge in [0.15, 0.2) is 0 Å². The predicted molar refractivity (Wildman–Crippen MR) is 337 cm³/mol. The summed E-state index contributed by atoms with van der Waals surface area (Å²) in [6.45, 7) is 0. The number of methoxy groups -OCH3 is 4. The molecule has 2 aromatic heterocycles. The van der Waals surface area contributed by atoms with Crippen LogP contribution < -0.4 is 10.6 Å². The van der Waals surface area contributed by atoms with Gasteiger partial charge in [-0.3, -0.25) is 19.2 Å². The van der Waals surface area contributed by atoms with E-state index in [-0.39, 0.29) is 62.4 Å². The number of fused-ring (bicyclic) bond motifs is 10. The lowest BCUT2D eigenvalue weighted by Gasteiger charge is -2.17. The van der Waals surface area contributed by atoms with Crippen LogP contribution in [-0.2, 0) is 38.1 Å². The third-order valence-electron chi connectivity index (χ3n) is 15.7. The van der Waals surface area contributed by atoms with Gasteiger partial charge in [0, 0.05) is 98.3 Å². The monoisotopic (exact) mass is 1170 g/mol. The molecule has 4 N–H and O–H groups in total. The summed E-state index contributed by atoms with van der Waals surface area (Å²) < 4.78 is 20.4. The Morgan fingerprint density at radius 2 is 0.705 bits per heavy atom. The second-order valence-electron chi connectivity index (χ2n) is 20.9. The number of aliphatic imine (C=N–C) groups is 6. The molecule has 10 aliphatic rings. The summed E-state index contributed by atoms with van der Waals surface area (Å²) in [6, 6.07) is 7.89. The van der Waals surface area contributed by atoms with Gasteiger partial charge in [-0.2, -0.15) is 0 Å². The second-order valence-corrected chi connectivity index (χ2v) is 20.9. The predicted octanol–water partition coefficient (Wildman–Crippen LogP) is 8.74. The van der Waals surface area contributed by atoms with Crippen LogP contribution in [0.5, 0.6) is 0 Å². The fourth-order valence-corrected chi connectivity index (χ4v) is 11.1. The van der Waals surface area contributed by atoms with E-state index in [0.29, 0.717) is 92.4 Å². The molecule has 2 aromatic rings. The Morgan fingerprint density at radius 3 is 1.07 bits per heavy atom. The number of allylic oxidation sites excluding steroid dienone is 20. The normalized spacial score (nSPS) is 19.9. The van der Waals surface area contributed by atoms with Crippen LogP contribution in [-0.4, -0.2) is 120 Å². The number of nitrogens with zero attached hydrogens (tertiary/aromatic N) is 8. The van der Waals surface area contributed by atoms with Crippen LogP contribution in [0.2, 0.25) is 0 Å². The summed E-state index contributed by atoms with van der Waals surface area (Å²) in [7, 11) is 9.35. The minimum atomic E-state index is -0.383. The van der Waals surface area contributed by atoms with Gasteiger partial charge in [0.25, 0.3) is 0 Å². The van der Waals surface area contributed by atoms with E-state index in [0.717, 1.165) is 67.9 Å². The molecule has 10 aliphatic heterocycles. The summed E-state index contributed by atoms with van der Waals surface area (Å²) in [4.78, 5) is 93.6. The van der Waals surface area contributed by atoms with Gasteiger partial charge in [0.05, 0.1) is 131 Å². The molecule has 0 aliphatic carbocycles. The zero-order valence-corrected chi connectivity index (χ0v) is 49.0. The van der Waals surface area contributed by atoms with Crippen molar-refractivity contribution in [2.45, 2.75) is 51.4 Å². The van der Waals surface area contributed by atoms with Crippen molar-refractivity contribution in [3.63, 3.8) is 0 Å². The zero-order chi connectivity index (χ0) is 61.0. The van der Waals surface area contributed by atoms with Crippen molar-refractivity contribution in [3.05, 3.63) is 213 Å². The average molecular weight is 1170 g/mol. The quantitative estimate of drug-likeness (QED) is 0.0886. The smallest absolute Gasteiger partial charge is 0.305 e. The number of carbonyl (C=O) groups excluding carboxylic acids is 4. The fourth-order valence-electron chi connectivity index (χ4n) is 11.1. The number of hydrogen-bond acceptors (Lipinski definition) is 18. The molecule has 438 valence electrons. The SMILES string of the molecule is COC(=O)CCC1=C2C=CC(=N2)/C(=C2/NC=CN2C)c2ccc([nH]2)C(CCC(=O)OC)=C2C=CC(=N2)C(C#CC#CC2=C3C=CC(=N3)C(CCC(=O)OC)=C3C=CC(=N3)/C(=C3\NC=CN3C)c3ccc([nH]3)C(CCC(=O)OC)=C3C=CC2=N3)=C2C=CC1=N2. The Hall–Kier alpha value is -11.4. The number of nitrogens with one attached hydrogen (secondary N) is 4. The average Bonchev–Trinajstić information content (AvgIpc) is 4.54. The highest BCUT2D eigenvalue weighted by Gasteiger charge is 2.30. The first-order valence-electron chi connectivity index (χ1n) is 28.4. The Balaban J connectivity index is 1.02. The summed E-state index contributed by atoms with van der Waals surface area (Å²) in [5.74, 6) is 13.0. The number of rotatable bonds is 12. The molecule has 20 heteroatoms. The van der Waals surface area contributed by atoms with Crippen LogP contribution in [0.4, 0.5) is 0 Å². The van der Waals surface area contributed by atoms with Crippen molar-refractivity contribution in [1.82, 2.24) is 30.4 Å². The maximum absolute atomic E-state index is 12.8. The highest BCUT2D eigenvalue weighted by Crippen LogP contribution is 2.38. The van der Waals surface area contributed by atoms with Gasteiger partial charge in [-0.05, 0) is 147 Å². The third-order valence-corrected chi connectivity index (χ3v) is 15.7. The van der Waals surface area contributed by atoms with Crippen LogP contribution in [0.25, 0.3) is 22.3 Å². The second kappa shape index (κ2) is 24.7. The number of carbonyl (C=O) groups is 4. The van der Waals surface area contributed by atoms with Gasteiger partial charge in [-0.25, -0.2) is 30.0 Å². The van der Waals surface area contributed by atoms with Gasteiger partial charge in [-0.1, -0.05) is 0 Å². The van der Waals surface area contributed by atoms with E-state index in [1.54, 1.807) is 0 Å². The van der Waals surface area contributed by atoms with Crippen LogP contribution in [0, 0.1) is 23.7 Å². The lowest BCUT2D eigenvalue weighted by atomic mass is 10.0. The summed E-state index contributed by atoms with van der Waals surface area (Å²) in [5.41, 5.74) is 15.3. The van der Waals surface area contributed by atoms with Crippen molar-refractivity contribution in [1.29, 1.82) is 0 Å². The number of esters is 4. The topological polar surface area (TPSA) is 241 Å². The third kappa shape index (κ3) is 11.5. The number of ether oxygens (including phenoxy) is 4. The van der Waals surface area contributed by atoms with Gasteiger partial charge in [-0.15, -0.1) is 0 Å². The molecule has 12 rings (SSSR count). The van der Waals surface area contributed by atoms with E-state index in [1.807, 2.05) is 146 Å². The molecule has 0 radical (unpaired) electrons. The molecule has 0 spiro atoms. The van der Waals surface area contributed by atoms with Crippen molar-refractivity contribution >= 4 is 80.4 Å². The molecule has 0 aromatic carbocycles. The Bertz CT molecular complexity index is 4090. The lowest BCUT2D eigenvalue weighted by Crippen LogP contribution is -2.19. The van der Waals surface area contributed by atoms with Gasteiger partial charge in [0.1, 0.15) is 11.6 Å². The standard InChI is InChI=1S/C68H58N12O8/c1-79-37-35-69-67(79)65-57-27-23-53(75-57)41(11-31-61(81)85-3)49-19-15-45(71-49)39(46-16-20-50(72-46)42(12-32-62(82)86-4)54-24-28-58(65)76-54)9-7-8-10-40-47-17-21-51(73-47)43(13-33-63(83)87-5)55-25-29-59(77-55)66(68-70-36-38-80(68)2)60-30-26-56(78-60)44(14-34-64(84)88-6)52-22-18-48(40)74-52/h15-30,35-38,69-70,75,77H,11-14,31-34H2,1-6H3/b46-39?,48-40?,49-41?,51-43?,54-42?,56-44?,67-65-,68-66+. The molecule has 88 heavy (non-hydrogen) atoms. The Morgan fingerprint density at radius 1 is 0.398 bits per heavy atom. The van der Waals surface area contributed by atoms with Crippen LogP contribution >= 0.6 is 0 Å². The first-order chi connectivity index (χ1) is 42.9. The molecule has 0 saturated carbocycles. The maximum atomic E-state index is 12.8. The molecule has 0 atom stereocenters. The lowest BCUT2D eigenvalue weighted by molar-refractivity contribution is -0.141. The molecule has 12 heterocycles. The number of H-pyrrole nitrogens is 2. The van der Waals surface area contributed by atoms with Crippen molar-refractivity contribution in [2.24, 2.45) is 30.0 Å². The van der Waals surface area contributed by atoms with Crippen LogP contribution in [0.3, 0.4) is 0 Å². The molecule has 20 nitrogen and oxygen atoms in total. The maximum Gasteiger partial charge on any atom is 0.305 e. The fraction of sp³-hybridized carbons (Fsp3) is 0.206. The minimum absolute atomic E-state index is 0.0751. The Kier molecular flexibility index (Phi) is 16.0. The number of aromatic nitrogens is 2. The van der Waals surface area contributed by atoms with E-state index in [9.17, 15) is 19.2 Å². The summed E-state index contributed by atoms with van der Waals surface area (Å²) in [6.07, 6.45) is 31.7. The molecule has 0 saturated heterocycles. The summed E-state index contributed by atoms with van der Waals surface area (Å²) >= 11 is 0. The van der Waals surface area contributed by atoms with E-state index in [1.165, 1.54) is 28.4 Å². The molecule has 16 bridgehead atoms. The first kappa shape index (κ1) is 57.1. The van der Waals surface area contributed by atoms with E-state index < -0.39 is 0 Å². The number of aromatic amines is 2. The summed E-state index contributed by atoms with van der Waals surface area (Å²) in [5, 5.41) is 6.76. The number of hydrogen-bond donors (Lipinski definition) is 4. The highest BCUT2D eigenvalue weighted by atomic mass is 16.5. The van der Waals surface area contributed by atoms with Crippen molar-refractivity contribution < 1.29 is 38.1 Å². The van der Waals surface area contributed by atoms with Gasteiger partial charge in [0.2, 0.25) is 0 Å². The van der Waals surface area contributed by atoms with Crippen LogP contribution in [0.15, 0.2) is 220 Å². The largest absolute Gasteiger partial charge is 0.469 e. The van der Waals surface area contributed by atoms with E-state index >= 15 is 0 Å². The first-order valence-corrected chi connectivity index (χ1v) is 28.4. The highest BCUT2D eigenvalue weighted by molar-refractivity contribution is 6.32. The minimum Gasteiger partial charge on any atom is -0.469 e.